The molecule has 2 atom stereocenters. The summed E-state index contributed by atoms with van der Waals surface area (Å²) in [5, 5.41) is 0. The highest BCUT2D eigenvalue weighted by Gasteiger charge is 2.42. The van der Waals surface area contributed by atoms with Crippen LogP contribution in [0.15, 0.2) is 42.5 Å². The summed E-state index contributed by atoms with van der Waals surface area (Å²) in [5.74, 6) is -0.292. The third kappa shape index (κ3) is 5.05. The van der Waals surface area contributed by atoms with E-state index in [1.54, 1.807) is 6.07 Å². The van der Waals surface area contributed by atoms with Gasteiger partial charge in [-0.2, -0.15) is 0 Å². The molecule has 166 valence electrons. The largest absolute Gasteiger partial charge is 0.337 e. The molecule has 7 heteroatoms. The van der Waals surface area contributed by atoms with E-state index >= 15 is 0 Å². The number of piperidine rings is 1. The Morgan fingerprint density at radius 1 is 1.06 bits per heavy atom. The van der Waals surface area contributed by atoms with Crippen LogP contribution in [0.4, 0.5) is 20.2 Å². The molecule has 0 saturated carbocycles. The van der Waals surface area contributed by atoms with Crippen LogP contribution in [-0.4, -0.2) is 43.0 Å². The van der Waals surface area contributed by atoms with Crippen LogP contribution in [0.2, 0.25) is 0 Å². The number of nitrogens with zero attached hydrogens (tertiary/aromatic N) is 2. The molecular weight excluding hydrogens is 398 g/mol. The van der Waals surface area contributed by atoms with Crippen molar-refractivity contribution in [3.63, 3.8) is 0 Å². The number of hydrazine groups is 1. The van der Waals surface area contributed by atoms with E-state index in [1.807, 2.05) is 18.2 Å². The number of fused-ring (bicyclic) bond motifs is 3. The van der Waals surface area contributed by atoms with Gasteiger partial charge in [0.25, 0.3) is 0 Å². The molecule has 2 aromatic carbocycles. The lowest BCUT2D eigenvalue weighted by Gasteiger charge is -2.39. The second kappa shape index (κ2) is 9.75. The van der Waals surface area contributed by atoms with E-state index in [4.69, 9.17) is 0 Å². The number of likely N-dealkylation sites (tertiary alicyclic amines) is 1. The van der Waals surface area contributed by atoms with Gasteiger partial charge in [-0.1, -0.05) is 6.42 Å². The molecule has 0 bridgehead atoms. The van der Waals surface area contributed by atoms with E-state index in [0.29, 0.717) is 0 Å². The van der Waals surface area contributed by atoms with Crippen LogP contribution in [0.5, 0.6) is 0 Å². The fourth-order valence-corrected chi connectivity index (χ4v) is 4.89. The van der Waals surface area contributed by atoms with Gasteiger partial charge in [-0.05, 0) is 73.8 Å². The van der Waals surface area contributed by atoms with Gasteiger partial charge in [-0.3, -0.25) is 10.2 Å². The Labute approximate surface area is 182 Å². The van der Waals surface area contributed by atoms with E-state index in [2.05, 4.69) is 20.7 Å². The predicted octanol–water partition coefficient (Wildman–Crippen LogP) is 4.09. The van der Waals surface area contributed by atoms with Crippen LogP contribution in [0.25, 0.3) is 0 Å². The summed E-state index contributed by atoms with van der Waals surface area (Å²) in [4.78, 5) is 15.6. The van der Waals surface area contributed by atoms with Gasteiger partial charge in [-0.15, -0.1) is 0 Å². The zero-order valence-electron chi connectivity index (χ0n) is 17.9. The normalized spacial score (nSPS) is 20.4. The maximum Gasteiger partial charge on any atom is 0.230 e. The lowest BCUT2D eigenvalue weighted by atomic mass is 9.89. The Hall–Kier alpha value is -2.51. The molecule has 0 radical (unpaired) electrons. The minimum absolute atomic E-state index is 0.0779. The van der Waals surface area contributed by atoms with Crippen molar-refractivity contribution in [2.24, 2.45) is 0 Å². The molecule has 5 nitrogen and oxygen atoms in total. The summed E-state index contributed by atoms with van der Waals surface area (Å²) in [6, 6.07) is 11.9. The molecule has 0 aromatic heterocycles. The van der Waals surface area contributed by atoms with Crippen molar-refractivity contribution in [2.75, 3.05) is 31.1 Å². The zero-order chi connectivity index (χ0) is 21.8. The van der Waals surface area contributed by atoms with Gasteiger partial charge in [0.2, 0.25) is 5.91 Å². The van der Waals surface area contributed by atoms with Crippen LogP contribution in [0.1, 0.15) is 44.1 Å². The van der Waals surface area contributed by atoms with Crippen molar-refractivity contribution in [1.82, 2.24) is 15.8 Å². The SMILES string of the molecule is CC(=O)NNCCCCCN1CC[C@@H]2[C@@H](C1)c1cc(F)ccc1N2c1ccc(F)cc1. The number of carbonyl (C=O) groups is 1. The summed E-state index contributed by atoms with van der Waals surface area (Å²) in [6.45, 7) is 5.18. The number of halogens is 2. The smallest absolute Gasteiger partial charge is 0.230 e. The molecular formula is C24H30F2N4O. The highest BCUT2D eigenvalue weighted by molar-refractivity contribution is 5.73. The Morgan fingerprint density at radius 3 is 2.61 bits per heavy atom. The minimum Gasteiger partial charge on any atom is -0.337 e. The average molecular weight is 429 g/mol. The first kappa shape index (κ1) is 21.7. The van der Waals surface area contributed by atoms with Gasteiger partial charge in [0.15, 0.2) is 0 Å². The van der Waals surface area contributed by atoms with E-state index in [9.17, 15) is 13.6 Å². The Kier molecular flexibility index (Phi) is 6.83. The Balaban J connectivity index is 1.38. The molecule has 0 unspecified atom stereocenters. The first-order valence-electron chi connectivity index (χ1n) is 11.1. The van der Waals surface area contributed by atoms with E-state index in [0.717, 1.165) is 68.8 Å². The molecule has 31 heavy (non-hydrogen) atoms. The highest BCUT2D eigenvalue weighted by atomic mass is 19.1. The third-order valence-corrected chi connectivity index (χ3v) is 6.29. The molecule has 1 fully saturated rings. The van der Waals surface area contributed by atoms with Gasteiger partial charge in [0.05, 0.1) is 0 Å². The maximum absolute atomic E-state index is 14.1. The van der Waals surface area contributed by atoms with Crippen LogP contribution in [-0.2, 0) is 4.79 Å². The minimum atomic E-state index is -0.249. The van der Waals surface area contributed by atoms with Crippen molar-refractivity contribution in [2.45, 2.75) is 44.6 Å². The fourth-order valence-electron chi connectivity index (χ4n) is 4.89. The number of unbranched alkanes of at least 4 members (excludes halogenated alkanes) is 2. The lowest BCUT2D eigenvalue weighted by molar-refractivity contribution is -0.119. The summed E-state index contributed by atoms with van der Waals surface area (Å²) in [7, 11) is 0. The average Bonchev–Trinajstić information content (AvgIpc) is 3.06. The molecule has 2 heterocycles. The standard InChI is InChI=1S/C24H30F2N4O/c1-17(31)28-27-12-3-2-4-13-29-14-11-24-22(16-29)21-15-19(26)7-10-23(21)30(24)20-8-5-18(25)6-9-20/h5-10,15,22,24,27H,2-4,11-14,16H2,1H3,(H,28,31)/t22-,24+/m0/s1. The number of hydrogen-bond donors (Lipinski definition) is 2. The van der Waals surface area contributed by atoms with Gasteiger partial charge >= 0.3 is 0 Å². The van der Waals surface area contributed by atoms with Gasteiger partial charge < -0.3 is 9.80 Å². The molecule has 0 spiro atoms. The van der Waals surface area contributed by atoms with Crippen molar-refractivity contribution in [1.29, 1.82) is 0 Å². The Bertz CT molecular complexity index is 905. The molecule has 4 rings (SSSR count). The first-order chi connectivity index (χ1) is 15.0. The highest BCUT2D eigenvalue weighted by Crippen LogP contribution is 2.48. The molecule has 2 aliphatic heterocycles. The Morgan fingerprint density at radius 2 is 1.84 bits per heavy atom. The van der Waals surface area contributed by atoms with Crippen LogP contribution in [0, 0.1) is 11.6 Å². The van der Waals surface area contributed by atoms with Crippen LogP contribution in [0.3, 0.4) is 0 Å². The molecule has 1 saturated heterocycles. The monoisotopic (exact) mass is 428 g/mol. The topological polar surface area (TPSA) is 47.6 Å². The lowest BCUT2D eigenvalue weighted by Crippen LogP contribution is -2.45. The maximum atomic E-state index is 14.1. The number of hydrogen-bond acceptors (Lipinski definition) is 4. The van der Waals surface area contributed by atoms with Crippen LogP contribution >= 0.6 is 0 Å². The quantitative estimate of drug-likeness (QED) is 0.491. The number of carbonyl (C=O) groups excluding carboxylic acids is 1. The van der Waals surface area contributed by atoms with Crippen molar-refractivity contribution < 1.29 is 13.6 Å². The number of nitrogens with one attached hydrogen (secondary N) is 2. The number of amides is 1. The molecule has 2 aliphatic rings. The first-order valence-corrected chi connectivity index (χ1v) is 11.1. The van der Waals surface area contributed by atoms with Crippen molar-refractivity contribution >= 4 is 17.3 Å². The molecule has 2 aromatic rings. The summed E-state index contributed by atoms with van der Waals surface area (Å²) in [5.41, 5.74) is 8.56. The van der Waals surface area contributed by atoms with Gasteiger partial charge in [0, 0.05) is 49.9 Å². The zero-order valence-corrected chi connectivity index (χ0v) is 17.9. The van der Waals surface area contributed by atoms with Crippen molar-refractivity contribution in [3.05, 3.63) is 59.7 Å². The van der Waals surface area contributed by atoms with E-state index < -0.39 is 0 Å². The molecule has 2 N–H and O–H groups in total. The summed E-state index contributed by atoms with van der Waals surface area (Å²) >= 11 is 0. The summed E-state index contributed by atoms with van der Waals surface area (Å²) in [6.07, 6.45) is 4.18. The number of rotatable bonds is 8. The van der Waals surface area contributed by atoms with Gasteiger partial charge in [0.1, 0.15) is 11.6 Å². The van der Waals surface area contributed by atoms with Crippen LogP contribution < -0.4 is 15.8 Å². The third-order valence-electron chi connectivity index (χ3n) is 6.29. The van der Waals surface area contributed by atoms with E-state index in [-0.39, 0.29) is 29.5 Å². The van der Waals surface area contributed by atoms with Gasteiger partial charge in [-0.25, -0.2) is 14.2 Å². The van der Waals surface area contributed by atoms with E-state index in [1.165, 1.54) is 25.1 Å². The number of anilines is 2. The number of benzene rings is 2. The summed E-state index contributed by atoms with van der Waals surface area (Å²) < 4.78 is 27.5. The predicted molar refractivity (Wildman–Crippen MR) is 118 cm³/mol. The second-order valence-corrected chi connectivity index (χ2v) is 8.48. The second-order valence-electron chi connectivity index (χ2n) is 8.48. The molecule has 0 aliphatic carbocycles. The fraction of sp³-hybridized carbons (Fsp3) is 0.458. The molecule has 1 amide bonds. The van der Waals surface area contributed by atoms with Crippen molar-refractivity contribution in [3.8, 4) is 0 Å².